The van der Waals surface area contributed by atoms with Crippen molar-refractivity contribution in [3.8, 4) is 5.75 Å². The van der Waals surface area contributed by atoms with Gasteiger partial charge in [-0.05, 0) is 44.4 Å². The Morgan fingerprint density at radius 2 is 2.11 bits per heavy atom. The molecule has 2 saturated heterocycles. The number of ether oxygens (including phenoxy) is 3. The number of nitrogens with one attached hydrogen (secondary N) is 1. The Morgan fingerprint density at radius 3 is 2.81 bits per heavy atom. The number of nitrogens with zero attached hydrogens (tertiary/aromatic N) is 3. The molecule has 2 saturated carbocycles. The van der Waals surface area contributed by atoms with Crippen molar-refractivity contribution in [2.45, 2.75) is 63.3 Å². The molecule has 1 N–H and O–H groups in total. The number of aromatic nitrogens is 3. The largest absolute Gasteiger partial charge is 0.490 e. The second-order valence-electron chi connectivity index (χ2n) is 11.0. The normalized spacial score (nSPS) is 28.4. The Labute approximate surface area is 209 Å². The molecule has 0 unspecified atom stereocenters. The Hall–Kier alpha value is -3.17. The molecule has 1 aromatic carbocycles. The number of pyridine rings is 1. The summed E-state index contributed by atoms with van der Waals surface area (Å²) in [4.78, 5) is 26.4. The minimum absolute atomic E-state index is 0.135. The van der Waals surface area contributed by atoms with E-state index in [-0.39, 0.29) is 40.4 Å². The molecule has 4 aliphatic rings. The van der Waals surface area contributed by atoms with Gasteiger partial charge in [0.25, 0.3) is 11.5 Å². The maximum atomic E-state index is 13.4. The first kappa shape index (κ1) is 23.2. The van der Waals surface area contributed by atoms with E-state index in [1.54, 1.807) is 36.1 Å². The van der Waals surface area contributed by atoms with E-state index in [0.29, 0.717) is 30.4 Å². The highest BCUT2D eigenvalue weighted by molar-refractivity contribution is 6.08. The highest BCUT2D eigenvalue weighted by atomic mass is 16.6. The van der Waals surface area contributed by atoms with Gasteiger partial charge in [0.05, 0.1) is 41.5 Å². The van der Waals surface area contributed by atoms with Crippen LogP contribution in [0.1, 0.15) is 56.4 Å². The van der Waals surface area contributed by atoms with E-state index >= 15 is 0 Å². The van der Waals surface area contributed by atoms with Gasteiger partial charge in [-0.15, -0.1) is 0 Å². The number of hydrogen-bond donors (Lipinski definition) is 1. The molecule has 2 atom stereocenters. The molecule has 7 rings (SSSR count). The van der Waals surface area contributed by atoms with Crippen molar-refractivity contribution in [2.75, 3.05) is 25.6 Å². The molecule has 0 radical (unpaired) electrons. The van der Waals surface area contributed by atoms with Gasteiger partial charge < -0.3 is 24.1 Å². The summed E-state index contributed by atoms with van der Waals surface area (Å²) in [7, 11) is 1.69. The lowest BCUT2D eigenvalue weighted by molar-refractivity contribution is -0.0694. The molecule has 36 heavy (non-hydrogen) atoms. The lowest BCUT2D eigenvalue weighted by Crippen LogP contribution is -2.53. The average Bonchev–Trinajstić information content (AvgIpc) is 3.13. The number of anilines is 1. The van der Waals surface area contributed by atoms with Gasteiger partial charge in [-0.3, -0.25) is 14.3 Å². The number of carbonyl (C=O) groups excluding carboxylic acids is 1. The van der Waals surface area contributed by atoms with E-state index in [0.717, 1.165) is 30.2 Å². The zero-order valence-corrected chi connectivity index (χ0v) is 21.1. The monoisotopic (exact) mass is 492 g/mol. The van der Waals surface area contributed by atoms with E-state index in [1.807, 2.05) is 30.8 Å². The van der Waals surface area contributed by atoms with Crippen LogP contribution in [0.5, 0.6) is 5.75 Å². The van der Waals surface area contributed by atoms with Crippen LogP contribution >= 0.6 is 0 Å². The molecule has 190 valence electrons. The first-order valence-electron chi connectivity index (χ1n) is 12.6. The average molecular weight is 493 g/mol. The van der Waals surface area contributed by atoms with E-state index in [2.05, 4.69) is 12.2 Å². The van der Waals surface area contributed by atoms with Crippen LogP contribution in [0.3, 0.4) is 0 Å². The molecular formula is C27H32N4O5. The number of hydrogen-bond acceptors (Lipinski definition) is 6. The molecule has 3 aromatic rings. The molecule has 0 spiro atoms. The van der Waals surface area contributed by atoms with E-state index < -0.39 is 0 Å². The molecule has 2 aromatic heterocycles. The number of methoxy groups -OCH3 is 1. The third kappa shape index (κ3) is 3.72. The van der Waals surface area contributed by atoms with Gasteiger partial charge in [-0.2, -0.15) is 5.10 Å². The van der Waals surface area contributed by atoms with Crippen molar-refractivity contribution >= 4 is 22.5 Å². The van der Waals surface area contributed by atoms with Crippen molar-refractivity contribution in [3.63, 3.8) is 0 Å². The fourth-order valence-corrected chi connectivity index (χ4v) is 5.84. The third-order valence-electron chi connectivity index (χ3n) is 7.70. The summed E-state index contributed by atoms with van der Waals surface area (Å²) in [6.45, 7) is 7.11. The summed E-state index contributed by atoms with van der Waals surface area (Å²) >= 11 is 0. The van der Waals surface area contributed by atoms with Crippen LogP contribution in [0.25, 0.3) is 10.9 Å². The van der Waals surface area contributed by atoms with Gasteiger partial charge in [0.1, 0.15) is 11.4 Å². The van der Waals surface area contributed by atoms with Gasteiger partial charge >= 0.3 is 0 Å². The zero-order chi connectivity index (χ0) is 25.2. The molecule has 2 bridgehead atoms. The zero-order valence-electron chi connectivity index (χ0n) is 21.1. The maximum absolute atomic E-state index is 13.4. The molecule has 4 heterocycles. The Kier molecular flexibility index (Phi) is 5.28. The van der Waals surface area contributed by atoms with Crippen molar-refractivity contribution < 1.29 is 19.0 Å². The summed E-state index contributed by atoms with van der Waals surface area (Å²) < 4.78 is 21.1. The fraction of sp³-hybridized carbons (Fsp3) is 0.519. The van der Waals surface area contributed by atoms with Crippen LogP contribution in [-0.2, 0) is 15.0 Å². The van der Waals surface area contributed by atoms with Crippen LogP contribution in [0.4, 0.5) is 5.69 Å². The number of amides is 1. The first-order valence-corrected chi connectivity index (χ1v) is 12.6. The van der Waals surface area contributed by atoms with Crippen LogP contribution in [0.2, 0.25) is 0 Å². The van der Waals surface area contributed by atoms with Gasteiger partial charge in [-0.25, -0.2) is 0 Å². The Bertz CT molecular complexity index is 1400. The van der Waals surface area contributed by atoms with Gasteiger partial charge in [0.15, 0.2) is 0 Å². The molecule has 9 heteroatoms. The minimum Gasteiger partial charge on any atom is -0.490 e. The van der Waals surface area contributed by atoms with Crippen molar-refractivity contribution in [1.29, 1.82) is 0 Å². The van der Waals surface area contributed by atoms with E-state index in [9.17, 15) is 9.59 Å². The lowest BCUT2D eigenvalue weighted by Gasteiger charge is -2.43. The predicted octanol–water partition coefficient (Wildman–Crippen LogP) is 3.72. The smallest absolute Gasteiger partial charge is 0.274 e. The molecule has 2 aliphatic heterocycles. The topological polar surface area (TPSA) is 96.6 Å². The third-order valence-corrected chi connectivity index (χ3v) is 7.70. The lowest BCUT2D eigenvalue weighted by atomic mass is 9.69. The van der Waals surface area contributed by atoms with E-state index in [4.69, 9.17) is 19.3 Å². The summed E-state index contributed by atoms with van der Waals surface area (Å²) in [6, 6.07) is 7.24. The second kappa shape index (κ2) is 8.18. The van der Waals surface area contributed by atoms with Crippen LogP contribution in [0.15, 0.2) is 41.5 Å². The summed E-state index contributed by atoms with van der Waals surface area (Å²) in [5.41, 5.74) is 0.785. The SMILES string of the molecule is COCC12CC(n3cc4cc(C(=O)Nc5cccn([C@H]6C[C@H]6C)c5=O)c(OC(C)C)cc4n3)(CO1)C2. The van der Waals surface area contributed by atoms with Gasteiger partial charge in [0, 0.05) is 49.8 Å². The first-order chi connectivity index (χ1) is 17.2. The second-order valence-corrected chi connectivity index (χ2v) is 11.0. The quantitative estimate of drug-likeness (QED) is 0.515. The van der Waals surface area contributed by atoms with Gasteiger partial charge in [-0.1, -0.05) is 6.92 Å². The molecule has 2 aliphatic carbocycles. The van der Waals surface area contributed by atoms with E-state index in [1.165, 1.54) is 0 Å². The minimum atomic E-state index is -0.385. The summed E-state index contributed by atoms with van der Waals surface area (Å²) in [5, 5.41) is 8.50. The summed E-state index contributed by atoms with van der Waals surface area (Å²) in [5.74, 6) is 0.526. The summed E-state index contributed by atoms with van der Waals surface area (Å²) in [6.07, 6.45) is 6.30. The standard InChI is InChI=1S/C27H32N4O5/c1-16(2)36-23-10-21-18(11-31(29-21)26-12-27(13-26,15-34-4)35-14-26)9-19(23)24(32)28-20-6-5-7-30(25(20)33)22-8-17(22)3/h5-7,9-11,16-17,22H,8,12-15H2,1-4H3,(H,28,32)/t17-,22+,26?,27?/m1/s1. The van der Waals surface area contributed by atoms with Crippen molar-refractivity contribution in [3.05, 3.63) is 52.6 Å². The molecule has 9 nitrogen and oxygen atoms in total. The number of carbonyl (C=O) groups is 1. The predicted molar refractivity (Wildman–Crippen MR) is 135 cm³/mol. The number of rotatable bonds is 8. The number of fused-ring (bicyclic) bond motifs is 2. The number of benzene rings is 1. The molecule has 4 fully saturated rings. The van der Waals surface area contributed by atoms with Crippen LogP contribution in [0, 0.1) is 5.92 Å². The highest BCUT2D eigenvalue weighted by Crippen LogP contribution is 2.56. The Morgan fingerprint density at radius 1 is 1.33 bits per heavy atom. The Balaban J connectivity index is 1.32. The molecule has 1 amide bonds. The van der Waals surface area contributed by atoms with Crippen LogP contribution < -0.4 is 15.6 Å². The van der Waals surface area contributed by atoms with Crippen molar-refractivity contribution in [1.82, 2.24) is 14.3 Å². The molecular weight excluding hydrogens is 460 g/mol. The van der Waals surface area contributed by atoms with Crippen LogP contribution in [-0.4, -0.2) is 52.3 Å². The highest BCUT2D eigenvalue weighted by Gasteiger charge is 2.64. The van der Waals surface area contributed by atoms with Crippen molar-refractivity contribution in [2.24, 2.45) is 5.92 Å². The van der Waals surface area contributed by atoms with Gasteiger partial charge in [0.2, 0.25) is 0 Å². The maximum Gasteiger partial charge on any atom is 0.274 e. The fourth-order valence-electron chi connectivity index (χ4n) is 5.84.